The SMILES string of the molecule is CCC1CNC(C)(C)CN1C1CCC(C)CC1. The van der Waals surface area contributed by atoms with Gasteiger partial charge in [0, 0.05) is 30.7 Å². The minimum atomic E-state index is 0.300. The predicted octanol–water partition coefficient (Wildman–Crippen LogP) is 3.03. The maximum absolute atomic E-state index is 3.70. The first-order chi connectivity index (χ1) is 8.02. The van der Waals surface area contributed by atoms with Crippen molar-refractivity contribution in [3.63, 3.8) is 0 Å². The standard InChI is InChI=1S/C15H30N2/c1-5-13-10-16-15(3,4)11-17(13)14-8-6-12(2)7-9-14/h12-14,16H,5-11H2,1-4H3. The molecule has 2 nitrogen and oxygen atoms in total. The van der Waals surface area contributed by atoms with E-state index in [4.69, 9.17) is 0 Å². The molecule has 1 heterocycles. The van der Waals surface area contributed by atoms with Gasteiger partial charge in [-0.2, -0.15) is 0 Å². The van der Waals surface area contributed by atoms with Gasteiger partial charge in [0.2, 0.25) is 0 Å². The third kappa shape index (κ3) is 3.23. The molecule has 0 spiro atoms. The van der Waals surface area contributed by atoms with Crippen LogP contribution in [0.15, 0.2) is 0 Å². The lowest BCUT2D eigenvalue weighted by atomic mass is 9.84. The third-order valence-corrected chi connectivity index (χ3v) is 4.79. The van der Waals surface area contributed by atoms with Crippen LogP contribution >= 0.6 is 0 Å². The molecule has 1 aliphatic heterocycles. The molecule has 1 N–H and O–H groups in total. The van der Waals surface area contributed by atoms with Gasteiger partial charge in [-0.3, -0.25) is 4.90 Å². The highest BCUT2D eigenvalue weighted by atomic mass is 15.3. The van der Waals surface area contributed by atoms with E-state index in [9.17, 15) is 0 Å². The fraction of sp³-hybridized carbons (Fsp3) is 1.00. The number of nitrogens with one attached hydrogen (secondary N) is 1. The van der Waals surface area contributed by atoms with Gasteiger partial charge in [-0.1, -0.05) is 13.8 Å². The summed E-state index contributed by atoms with van der Waals surface area (Å²) in [7, 11) is 0. The van der Waals surface area contributed by atoms with Crippen molar-refractivity contribution in [2.24, 2.45) is 5.92 Å². The molecule has 1 saturated heterocycles. The molecule has 0 radical (unpaired) electrons. The fourth-order valence-corrected chi connectivity index (χ4v) is 3.53. The Balaban J connectivity index is 2.00. The molecule has 0 aromatic carbocycles. The molecule has 2 aliphatic rings. The highest BCUT2D eigenvalue weighted by molar-refractivity contribution is 4.95. The van der Waals surface area contributed by atoms with E-state index in [0.717, 1.165) is 18.0 Å². The van der Waals surface area contributed by atoms with E-state index in [1.807, 2.05) is 0 Å². The summed E-state index contributed by atoms with van der Waals surface area (Å²) in [6.07, 6.45) is 7.01. The van der Waals surface area contributed by atoms with Crippen LogP contribution in [0.25, 0.3) is 0 Å². The largest absolute Gasteiger partial charge is 0.309 e. The van der Waals surface area contributed by atoms with Gasteiger partial charge in [-0.25, -0.2) is 0 Å². The number of hydrogen-bond acceptors (Lipinski definition) is 2. The molecule has 1 aliphatic carbocycles. The van der Waals surface area contributed by atoms with Crippen LogP contribution in [0.3, 0.4) is 0 Å². The predicted molar refractivity (Wildman–Crippen MR) is 74.3 cm³/mol. The van der Waals surface area contributed by atoms with Crippen molar-refractivity contribution >= 4 is 0 Å². The molecule has 2 heteroatoms. The lowest BCUT2D eigenvalue weighted by molar-refractivity contribution is 0.0308. The van der Waals surface area contributed by atoms with E-state index in [-0.39, 0.29) is 0 Å². The zero-order valence-corrected chi connectivity index (χ0v) is 12.1. The van der Waals surface area contributed by atoms with E-state index in [2.05, 4.69) is 37.9 Å². The molecule has 0 amide bonds. The highest BCUT2D eigenvalue weighted by Crippen LogP contribution is 2.31. The van der Waals surface area contributed by atoms with Crippen LogP contribution in [0.5, 0.6) is 0 Å². The van der Waals surface area contributed by atoms with Crippen LogP contribution < -0.4 is 5.32 Å². The molecule has 0 aromatic heterocycles. The summed E-state index contributed by atoms with van der Waals surface area (Å²) in [4.78, 5) is 2.82. The van der Waals surface area contributed by atoms with Gasteiger partial charge >= 0.3 is 0 Å². The van der Waals surface area contributed by atoms with Crippen LogP contribution in [-0.4, -0.2) is 35.6 Å². The van der Waals surface area contributed by atoms with Crippen molar-refractivity contribution in [1.82, 2.24) is 10.2 Å². The molecule has 1 atom stereocenters. The second-order valence-corrected chi connectivity index (χ2v) is 6.91. The van der Waals surface area contributed by atoms with Gasteiger partial charge in [0.05, 0.1) is 0 Å². The van der Waals surface area contributed by atoms with Crippen molar-refractivity contribution in [1.29, 1.82) is 0 Å². The van der Waals surface area contributed by atoms with Crippen LogP contribution in [0.2, 0.25) is 0 Å². The average molecular weight is 238 g/mol. The zero-order chi connectivity index (χ0) is 12.5. The molecule has 0 bridgehead atoms. The van der Waals surface area contributed by atoms with Gasteiger partial charge in [0.25, 0.3) is 0 Å². The first-order valence-corrected chi connectivity index (χ1v) is 7.52. The van der Waals surface area contributed by atoms with Crippen molar-refractivity contribution in [3.05, 3.63) is 0 Å². The second-order valence-electron chi connectivity index (χ2n) is 6.91. The van der Waals surface area contributed by atoms with Crippen molar-refractivity contribution in [2.45, 2.75) is 77.4 Å². The summed E-state index contributed by atoms with van der Waals surface area (Å²) in [6.45, 7) is 11.8. The van der Waals surface area contributed by atoms with Gasteiger partial charge in [0.15, 0.2) is 0 Å². The Hall–Kier alpha value is -0.0800. The van der Waals surface area contributed by atoms with Crippen LogP contribution in [0, 0.1) is 5.92 Å². The van der Waals surface area contributed by atoms with Crippen molar-refractivity contribution < 1.29 is 0 Å². The third-order valence-electron chi connectivity index (χ3n) is 4.79. The Bertz CT molecular complexity index is 241. The van der Waals surface area contributed by atoms with Gasteiger partial charge < -0.3 is 5.32 Å². The summed E-state index contributed by atoms with van der Waals surface area (Å²) < 4.78 is 0. The summed E-state index contributed by atoms with van der Waals surface area (Å²) in [5, 5.41) is 3.70. The first-order valence-electron chi connectivity index (χ1n) is 7.52. The number of piperazine rings is 1. The maximum Gasteiger partial charge on any atom is 0.0253 e. The number of rotatable bonds is 2. The molecule has 1 unspecified atom stereocenters. The van der Waals surface area contributed by atoms with Crippen LogP contribution in [0.4, 0.5) is 0 Å². The molecule has 2 fully saturated rings. The van der Waals surface area contributed by atoms with Crippen molar-refractivity contribution in [3.8, 4) is 0 Å². The fourth-order valence-electron chi connectivity index (χ4n) is 3.53. The van der Waals surface area contributed by atoms with Gasteiger partial charge in [-0.15, -0.1) is 0 Å². The highest BCUT2D eigenvalue weighted by Gasteiger charge is 2.36. The Kier molecular flexibility index (Phi) is 4.14. The normalized spacial score (nSPS) is 39.2. The first kappa shape index (κ1) is 13.4. The lowest BCUT2D eigenvalue weighted by Crippen LogP contribution is -2.64. The molecule has 1 saturated carbocycles. The molecular formula is C15H30N2. The van der Waals surface area contributed by atoms with Gasteiger partial charge in [0.1, 0.15) is 0 Å². The van der Waals surface area contributed by atoms with Crippen LogP contribution in [-0.2, 0) is 0 Å². The second kappa shape index (κ2) is 5.27. The molecule has 0 aromatic rings. The Morgan fingerprint density at radius 2 is 1.82 bits per heavy atom. The van der Waals surface area contributed by atoms with E-state index in [1.165, 1.54) is 45.2 Å². The minimum absolute atomic E-state index is 0.300. The maximum atomic E-state index is 3.70. The summed E-state index contributed by atoms with van der Waals surface area (Å²) in [6, 6.07) is 1.62. The Morgan fingerprint density at radius 3 is 2.41 bits per heavy atom. The number of nitrogens with zero attached hydrogens (tertiary/aromatic N) is 1. The quantitative estimate of drug-likeness (QED) is 0.795. The van der Waals surface area contributed by atoms with Gasteiger partial charge in [-0.05, 0) is 51.9 Å². The van der Waals surface area contributed by atoms with Crippen LogP contribution in [0.1, 0.15) is 59.8 Å². The smallest absolute Gasteiger partial charge is 0.0253 e. The molecule has 2 rings (SSSR count). The van der Waals surface area contributed by atoms with E-state index in [0.29, 0.717) is 5.54 Å². The van der Waals surface area contributed by atoms with E-state index >= 15 is 0 Å². The molecule has 17 heavy (non-hydrogen) atoms. The summed E-state index contributed by atoms with van der Waals surface area (Å²) in [5.41, 5.74) is 0.300. The average Bonchev–Trinajstić information content (AvgIpc) is 2.29. The lowest BCUT2D eigenvalue weighted by Gasteiger charge is -2.49. The molecule has 100 valence electrons. The number of hydrogen-bond donors (Lipinski definition) is 1. The van der Waals surface area contributed by atoms with E-state index in [1.54, 1.807) is 0 Å². The zero-order valence-electron chi connectivity index (χ0n) is 12.1. The van der Waals surface area contributed by atoms with E-state index < -0.39 is 0 Å². The topological polar surface area (TPSA) is 15.3 Å². The summed E-state index contributed by atoms with van der Waals surface area (Å²) >= 11 is 0. The monoisotopic (exact) mass is 238 g/mol. The minimum Gasteiger partial charge on any atom is -0.309 e. The van der Waals surface area contributed by atoms with Crippen molar-refractivity contribution in [2.75, 3.05) is 13.1 Å². The Labute approximate surface area is 107 Å². The summed E-state index contributed by atoms with van der Waals surface area (Å²) in [5.74, 6) is 0.960. The Morgan fingerprint density at radius 1 is 1.18 bits per heavy atom. The molecular weight excluding hydrogens is 208 g/mol.